The van der Waals surface area contributed by atoms with E-state index in [1.165, 1.54) is 36.4 Å². The molecule has 44 heavy (non-hydrogen) atoms. The number of hydrogen-bond donors (Lipinski definition) is 1. The minimum absolute atomic E-state index is 0.0158. The number of hydrogen-bond acceptors (Lipinski definition) is 7. The maximum absolute atomic E-state index is 15.4. The summed E-state index contributed by atoms with van der Waals surface area (Å²) in [5.41, 5.74) is 0.147. The van der Waals surface area contributed by atoms with E-state index >= 15 is 4.39 Å². The highest BCUT2D eigenvalue weighted by molar-refractivity contribution is 5.92. The van der Waals surface area contributed by atoms with Gasteiger partial charge in [-0.05, 0) is 48.4 Å². The van der Waals surface area contributed by atoms with Gasteiger partial charge in [0.05, 0.1) is 41.6 Å². The zero-order chi connectivity index (χ0) is 31.0. The van der Waals surface area contributed by atoms with Crippen LogP contribution in [0.3, 0.4) is 0 Å². The summed E-state index contributed by atoms with van der Waals surface area (Å²) in [5.74, 6) is -4.12. The Morgan fingerprint density at radius 3 is 2.55 bits per heavy atom. The largest absolute Gasteiger partial charge is 0.478 e. The Morgan fingerprint density at radius 2 is 1.86 bits per heavy atom. The van der Waals surface area contributed by atoms with Gasteiger partial charge in [-0.15, -0.1) is 0 Å². The van der Waals surface area contributed by atoms with E-state index in [0.29, 0.717) is 24.5 Å². The monoisotopic (exact) mass is 603 g/mol. The van der Waals surface area contributed by atoms with Gasteiger partial charge in [0.15, 0.2) is 11.6 Å². The lowest BCUT2D eigenvalue weighted by molar-refractivity contribution is -0.0589. The average Bonchev–Trinajstić information content (AvgIpc) is 3.32. The zero-order valence-electron chi connectivity index (χ0n) is 22.7. The molecule has 6 rings (SSSR count). The van der Waals surface area contributed by atoms with Gasteiger partial charge in [-0.1, -0.05) is 12.1 Å². The van der Waals surface area contributed by atoms with Crippen LogP contribution in [0.1, 0.15) is 39.3 Å². The Hall–Kier alpha value is -5.35. The number of carboxylic acid groups (broad SMARTS) is 1. The number of imidazole rings is 1. The molecule has 3 aromatic carbocycles. The summed E-state index contributed by atoms with van der Waals surface area (Å²) in [6.07, 6.45) is 1.47. The third-order valence-corrected chi connectivity index (χ3v) is 7.22. The van der Waals surface area contributed by atoms with E-state index in [9.17, 15) is 23.1 Å². The van der Waals surface area contributed by atoms with E-state index in [0.717, 1.165) is 24.8 Å². The summed E-state index contributed by atoms with van der Waals surface area (Å²) in [7, 11) is 0. The summed E-state index contributed by atoms with van der Waals surface area (Å²) < 4.78 is 71.7. The number of nitriles is 1. The standard InChI is InChI=1S/C31H21F4N5O4/c32-22-8-17(12-36)1-3-18(22)15-44-31-37-13-25(35)28(39-31)21-4-2-16(7-23(21)33)9-27-38-29-24(34)10-19(30(41)42)11-26(29)40(27)14-20-5-6-43-20/h1-4,7-8,10-11,13,20H,5-6,9,14-15H2,(H,41,42)/t20-/m0/s1. The molecule has 3 heterocycles. The van der Waals surface area contributed by atoms with Crippen molar-refractivity contribution in [2.24, 2.45) is 0 Å². The van der Waals surface area contributed by atoms with Gasteiger partial charge in [-0.2, -0.15) is 10.2 Å². The first-order valence-electron chi connectivity index (χ1n) is 13.4. The quantitative estimate of drug-likeness (QED) is 0.217. The molecule has 0 bridgehead atoms. The average molecular weight is 604 g/mol. The van der Waals surface area contributed by atoms with Crippen molar-refractivity contribution in [2.45, 2.75) is 32.1 Å². The molecule has 1 N–H and O–H groups in total. The summed E-state index contributed by atoms with van der Waals surface area (Å²) in [5, 5.41) is 18.3. The highest BCUT2D eigenvalue weighted by Gasteiger charge is 2.24. The van der Waals surface area contributed by atoms with E-state index < -0.39 is 29.2 Å². The van der Waals surface area contributed by atoms with Gasteiger partial charge >= 0.3 is 12.0 Å². The highest BCUT2D eigenvalue weighted by atomic mass is 19.1. The van der Waals surface area contributed by atoms with Crippen LogP contribution in [0, 0.1) is 34.6 Å². The fourth-order valence-electron chi connectivity index (χ4n) is 4.85. The van der Waals surface area contributed by atoms with E-state index in [-0.39, 0.29) is 64.1 Å². The molecular weight excluding hydrogens is 582 g/mol. The first-order chi connectivity index (χ1) is 21.2. The number of carboxylic acids is 1. The van der Waals surface area contributed by atoms with Crippen molar-refractivity contribution in [1.29, 1.82) is 5.26 Å². The van der Waals surface area contributed by atoms with Crippen LogP contribution >= 0.6 is 0 Å². The Balaban J connectivity index is 1.27. The van der Waals surface area contributed by atoms with E-state index in [2.05, 4.69) is 15.0 Å². The molecular formula is C31H21F4N5O4. The lowest BCUT2D eigenvalue weighted by atomic mass is 10.1. The SMILES string of the molecule is N#Cc1ccc(COc2ncc(F)c(-c3ccc(Cc4nc5c(F)cc(C(=O)O)cc5n4C[C@@H]4CCO4)cc3F)n2)c(F)c1. The van der Waals surface area contributed by atoms with Gasteiger partial charge in [0.1, 0.15) is 35.3 Å². The second kappa shape index (κ2) is 11.7. The lowest BCUT2D eigenvalue weighted by Crippen LogP contribution is -2.31. The number of rotatable bonds is 9. The van der Waals surface area contributed by atoms with Crippen molar-refractivity contribution in [2.75, 3.05) is 6.61 Å². The van der Waals surface area contributed by atoms with Crippen molar-refractivity contribution < 1.29 is 36.9 Å². The van der Waals surface area contributed by atoms with Gasteiger partial charge in [-0.25, -0.2) is 32.3 Å². The second-order valence-corrected chi connectivity index (χ2v) is 10.1. The van der Waals surface area contributed by atoms with Crippen molar-refractivity contribution in [3.63, 3.8) is 0 Å². The first kappa shape index (κ1) is 28.8. The molecule has 0 spiro atoms. The molecule has 0 radical (unpaired) electrons. The maximum Gasteiger partial charge on any atom is 0.335 e. The van der Waals surface area contributed by atoms with Gasteiger partial charge < -0.3 is 19.1 Å². The fraction of sp³-hybridized carbons (Fsp3) is 0.194. The number of aromatic carboxylic acids is 1. The maximum atomic E-state index is 15.4. The summed E-state index contributed by atoms with van der Waals surface area (Å²) in [6, 6.07) is 11.6. The van der Waals surface area contributed by atoms with Crippen LogP contribution < -0.4 is 4.74 Å². The number of benzene rings is 3. The Bertz CT molecular complexity index is 1970. The molecule has 0 unspecified atom stereocenters. The van der Waals surface area contributed by atoms with E-state index in [1.54, 1.807) is 4.57 Å². The van der Waals surface area contributed by atoms with Crippen molar-refractivity contribution in [1.82, 2.24) is 19.5 Å². The molecule has 1 fully saturated rings. The van der Waals surface area contributed by atoms with Gasteiger partial charge in [-0.3, -0.25) is 0 Å². The predicted octanol–water partition coefficient (Wildman–Crippen LogP) is 5.58. The Kier molecular flexibility index (Phi) is 7.67. The minimum atomic E-state index is -1.29. The number of carbonyl (C=O) groups is 1. The number of fused-ring (bicyclic) bond motifs is 1. The van der Waals surface area contributed by atoms with Crippen molar-refractivity contribution in [3.05, 3.63) is 106 Å². The van der Waals surface area contributed by atoms with Crippen LogP contribution in [-0.2, 0) is 24.3 Å². The minimum Gasteiger partial charge on any atom is -0.478 e. The third kappa shape index (κ3) is 5.67. The van der Waals surface area contributed by atoms with Crippen LogP contribution in [0.2, 0.25) is 0 Å². The molecule has 1 aliphatic heterocycles. The van der Waals surface area contributed by atoms with Gasteiger partial charge in [0.25, 0.3) is 0 Å². The molecule has 1 atom stereocenters. The lowest BCUT2D eigenvalue weighted by Gasteiger charge is -2.27. The predicted molar refractivity (Wildman–Crippen MR) is 147 cm³/mol. The van der Waals surface area contributed by atoms with E-state index in [1.807, 2.05) is 6.07 Å². The molecule has 9 nitrogen and oxygen atoms in total. The fourth-order valence-corrected chi connectivity index (χ4v) is 4.85. The summed E-state index contributed by atoms with van der Waals surface area (Å²) in [4.78, 5) is 23.6. The smallest absolute Gasteiger partial charge is 0.335 e. The number of nitrogens with zero attached hydrogens (tertiary/aromatic N) is 5. The summed E-state index contributed by atoms with van der Waals surface area (Å²) in [6.45, 7) is 0.564. The van der Waals surface area contributed by atoms with Crippen LogP contribution in [0.15, 0.2) is 54.7 Å². The highest BCUT2D eigenvalue weighted by Crippen LogP contribution is 2.29. The molecule has 13 heteroatoms. The topological polar surface area (TPSA) is 123 Å². The van der Waals surface area contributed by atoms with Gasteiger partial charge in [0.2, 0.25) is 0 Å². The van der Waals surface area contributed by atoms with Gasteiger partial charge in [0, 0.05) is 24.2 Å². The molecule has 5 aromatic rings. The third-order valence-electron chi connectivity index (χ3n) is 7.22. The van der Waals surface area contributed by atoms with Crippen molar-refractivity contribution >= 4 is 17.0 Å². The molecule has 2 aromatic heterocycles. The normalized spacial score (nSPS) is 14.3. The molecule has 1 aliphatic rings. The van der Waals surface area contributed by atoms with Crippen LogP contribution in [-0.4, -0.2) is 43.3 Å². The van der Waals surface area contributed by atoms with Crippen LogP contribution in [0.5, 0.6) is 6.01 Å². The molecule has 0 amide bonds. The first-order valence-corrected chi connectivity index (χ1v) is 13.4. The number of halogens is 4. The molecule has 0 saturated carbocycles. The molecule has 1 saturated heterocycles. The zero-order valence-corrected chi connectivity index (χ0v) is 22.7. The molecule has 222 valence electrons. The van der Waals surface area contributed by atoms with Crippen LogP contribution in [0.4, 0.5) is 17.6 Å². The van der Waals surface area contributed by atoms with E-state index in [4.69, 9.17) is 14.7 Å². The molecule has 0 aliphatic carbocycles. The van der Waals surface area contributed by atoms with Crippen LogP contribution in [0.25, 0.3) is 22.3 Å². The van der Waals surface area contributed by atoms with Crippen molar-refractivity contribution in [3.8, 4) is 23.3 Å². The second-order valence-electron chi connectivity index (χ2n) is 10.1. The number of aromatic nitrogens is 4. The Morgan fingerprint density at radius 1 is 1.05 bits per heavy atom. The number of ether oxygens (including phenoxy) is 2. The Labute approximate surface area is 247 Å². The summed E-state index contributed by atoms with van der Waals surface area (Å²) >= 11 is 0.